The molecule has 0 aliphatic heterocycles. The van der Waals surface area contributed by atoms with E-state index in [4.69, 9.17) is 20.8 Å². The van der Waals surface area contributed by atoms with Crippen LogP contribution < -0.4 is 10.1 Å². The average molecular weight is 435 g/mol. The monoisotopic (exact) mass is 434 g/mol. The smallest absolute Gasteiger partial charge is 0.262 e. The Bertz CT molecular complexity index is 1290. The molecule has 4 aromatic rings. The molecule has 0 atom stereocenters. The molecule has 4 rings (SSSR count). The standard InChI is InChI=1S/C25H23ClN2O3/c1-14-10-16(3)24-21(11-14)28-25(31-24)18-8-9-19(26)20(12-18)27-23(29)13-30-22-7-5-6-15(2)17(22)4/h5-12H,13H2,1-4H3,(H,27,29). The van der Waals surface area contributed by atoms with Crippen LogP contribution in [0.5, 0.6) is 5.75 Å². The maximum absolute atomic E-state index is 12.5. The molecule has 0 aliphatic rings. The van der Waals surface area contributed by atoms with E-state index in [1.54, 1.807) is 12.1 Å². The highest BCUT2D eigenvalue weighted by Gasteiger charge is 2.14. The minimum absolute atomic E-state index is 0.119. The van der Waals surface area contributed by atoms with Crippen molar-refractivity contribution in [2.45, 2.75) is 27.7 Å². The number of nitrogens with zero attached hydrogens (tertiary/aromatic N) is 1. The van der Waals surface area contributed by atoms with Crippen LogP contribution in [0.25, 0.3) is 22.6 Å². The zero-order valence-corrected chi connectivity index (χ0v) is 18.6. The summed E-state index contributed by atoms with van der Waals surface area (Å²) in [4.78, 5) is 17.1. The number of oxazole rings is 1. The first-order chi connectivity index (χ1) is 14.8. The maximum atomic E-state index is 12.5. The van der Waals surface area contributed by atoms with Crippen molar-refractivity contribution in [3.63, 3.8) is 0 Å². The third-order valence-corrected chi connectivity index (χ3v) is 5.55. The number of aromatic nitrogens is 1. The highest BCUT2D eigenvalue weighted by molar-refractivity contribution is 6.33. The summed E-state index contributed by atoms with van der Waals surface area (Å²) in [6.07, 6.45) is 0. The molecule has 31 heavy (non-hydrogen) atoms. The number of carbonyl (C=O) groups is 1. The van der Waals surface area contributed by atoms with Gasteiger partial charge in [0.1, 0.15) is 11.3 Å². The Morgan fingerprint density at radius 1 is 1.06 bits per heavy atom. The van der Waals surface area contributed by atoms with Gasteiger partial charge in [0.15, 0.2) is 12.2 Å². The first kappa shape index (κ1) is 20.9. The van der Waals surface area contributed by atoms with Crippen LogP contribution in [0.15, 0.2) is 52.9 Å². The molecule has 0 unspecified atom stereocenters. The van der Waals surface area contributed by atoms with E-state index in [0.29, 0.717) is 22.4 Å². The number of nitrogens with one attached hydrogen (secondary N) is 1. The van der Waals surface area contributed by atoms with Crippen LogP contribution >= 0.6 is 11.6 Å². The Labute approximate surface area is 186 Å². The number of ether oxygens (including phenoxy) is 1. The van der Waals surface area contributed by atoms with Crippen molar-refractivity contribution in [3.8, 4) is 17.2 Å². The zero-order valence-electron chi connectivity index (χ0n) is 17.9. The van der Waals surface area contributed by atoms with Gasteiger partial charge < -0.3 is 14.5 Å². The number of carbonyl (C=O) groups excluding carboxylic acids is 1. The number of amides is 1. The summed E-state index contributed by atoms with van der Waals surface area (Å²) in [5.41, 5.74) is 7.03. The van der Waals surface area contributed by atoms with E-state index in [1.165, 1.54) is 0 Å². The number of rotatable bonds is 5. The molecule has 0 bridgehead atoms. The first-order valence-corrected chi connectivity index (χ1v) is 10.4. The van der Waals surface area contributed by atoms with Crippen molar-refractivity contribution >= 4 is 34.3 Å². The molecule has 5 nitrogen and oxygen atoms in total. The van der Waals surface area contributed by atoms with Crippen LogP contribution in [0.2, 0.25) is 5.02 Å². The van der Waals surface area contributed by atoms with Gasteiger partial charge in [-0.3, -0.25) is 4.79 Å². The Balaban J connectivity index is 1.53. The van der Waals surface area contributed by atoms with Gasteiger partial charge in [0, 0.05) is 5.56 Å². The lowest BCUT2D eigenvalue weighted by atomic mass is 10.1. The van der Waals surface area contributed by atoms with Gasteiger partial charge in [-0.2, -0.15) is 0 Å². The number of aryl methyl sites for hydroxylation is 3. The highest BCUT2D eigenvalue weighted by atomic mass is 35.5. The molecule has 0 aliphatic carbocycles. The van der Waals surface area contributed by atoms with Gasteiger partial charge in [-0.05, 0) is 80.3 Å². The molecule has 0 saturated heterocycles. The molecule has 3 aromatic carbocycles. The molecule has 1 aromatic heterocycles. The normalized spacial score (nSPS) is 11.0. The molecule has 0 radical (unpaired) electrons. The molecular formula is C25H23ClN2O3. The topological polar surface area (TPSA) is 64.4 Å². The molecule has 1 heterocycles. The molecule has 0 fully saturated rings. The van der Waals surface area contributed by atoms with Crippen molar-refractivity contribution in [3.05, 3.63) is 75.8 Å². The second-order valence-electron chi connectivity index (χ2n) is 7.68. The highest BCUT2D eigenvalue weighted by Crippen LogP contribution is 2.32. The molecule has 1 amide bonds. The van der Waals surface area contributed by atoms with Gasteiger partial charge in [0.05, 0.1) is 10.7 Å². The third kappa shape index (κ3) is 4.42. The fraction of sp³-hybridized carbons (Fsp3) is 0.200. The number of anilines is 1. The van der Waals surface area contributed by atoms with Gasteiger partial charge in [0.25, 0.3) is 5.91 Å². The lowest BCUT2D eigenvalue weighted by Gasteiger charge is -2.12. The lowest BCUT2D eigenvalue weighted by molar-refractivity contribution is -0.118. The van der Waals surface area contributed by atoms with Crippen molar-refractivity contribution in [1.29, 1.82) is 0 Å². The van der Waals surface area contributed by atoms with E-state index in [-0.39, 0.29) is 12.5 Å². The Morgan fingerprint density at radius 2 is 1.87 bits per heavy atom. The summed E-state index contributed by atoms with van der Waals surface area (Å²) in [5, 5.41) is 3.24. The number of halogens is 1. The van der Waals surface area contributed by atoms with Crippen LogP contribution in [0.1, 0.15) is 22.3 Å². The van der Waals surface area contributed by atoms with Crippen LogP contribution in [0.4, 0.5) is 5.69 Å². The van der Waals surface area contributed by atoms with Gasteiger partial charge in [-0.1, -0.05) is 29.8 Å². The quantitative estimate of drug-likeness (QED) is 0.394. The SMILES string of the molecule is Cc1cc(C)c2oc(-c3ccc(Cl)c(NC(=O)COc4cccc(C)c4C)c3)nc2c1. The predicted molar refractivity (Wildman–Crippen MR) is 124 cm³/mol. The van der Waals surface area contributed by atoms with E-state index >= 15 is 0 Å². The van der Waals surface area contributed by atoms with E-state index in [2.05, 4.69) is 16.4 Å². The minimum Gasteiger partial charge on any atom is -0.483 e. The maximum Gasteiger partial charge on any atom is 0.262 e. The van der Waals surface area contributed by atoms with Gasteiger partial charge in [-0.15, -0.1) is 0 Å². The van der Waals surface area contributed by atoms with Gasteiger partial charge in [-0.25, -0.2) is 4.98 Å². The molecule has 158 valence electrons. The minimum atomic E-state index is -0.302. The molecule has 0 saturated carbocycles. The fourth-order valence-corrected chi connectivity index (χ4v) is 3.63. The summed E-state index contributed by atoms with van der Waals surface area (Å²) in [7, 11) is 0. The van der Waals surface area contributed by atoms with E-state index in [0.717, 1.165) is 38.9 Å². The largest absolute Gasteiger partial charge is 0.483 e. The second kappa shape index (κ2) is 8.44. The summed E-state index contributed by atoms with van der Waals surface area (Å²) in [5.74, 6) is 0.860. The summed E-state index contributed by atoms with van der Waals surface area (Å²) in [6.45, 7) is 7.87. The number of fused-ring (bicyclic) bond motifs is 1. The lowest BCUT2D eigenvalue weighted by Crippen LogP contribution is -2.20. The molecule has 6 heteroatoms. The van der Waals surface area contributed by atoms with Crippen LogP contribution in [0.3, 0.4) is 0 Å². The average Bonchev–Trinajstić information content (AvgIpc) is 3.15. The number of hydrogen-bond donors (Lipinski definition) is 1. The Morgan fingerprint density at radius 3 is 2.68 bits per heavy atom. The van der Waals surface area contributed by atoms with Crippen LogP contribution in [-0.4, -0.2) is 17.5 Å². The first-order valence-electron chi connectivity index (χ1n) is 9.98. The number of hydrogen-bond acceptors (Lipinski definition) is 4. The Hall–Kier alpha value is -3.31. The zero-order chi connectivity index (χ0) is 22.1. The summed E-state index contributed by atoms with van der Waals surface area (Å²) < 4.78 is 11.7. The summed E-state index contributed by atoms with van der Waals surface area (Å²) in [6, 6.07) is 15.1. The fourth-order valence-electron chi connectivity index (χ4n) is 3.46. The van der Waals surface area contributed by atoms with Crippen molar-refractivity contribution in [2.75, 3.05) is 11.9 Å². The van der Waals surface area contributed by atoms with Crippen molar-refractivity contribution < 1.29 is 13.9 Å². The predicted octanol–water partition coefficient (Wildman–Crippen LogP) is 6.40. The molecule has 0 spiro atoms. The second-order valence-corrected chi connectivity index (χ2v) is 8.09. The molecule has 1 N–H and O–H groups in total. The number of benzene rings is 3. The third-order valence-electron chi connectivity index (χ3n) is 5.22. The van der Waals surface area contributed by atoms with Crippen molar-refractivity contribution in [1.82, 2.24) is 4.98 Å². The van der Waals surface area contributed by atoms with Crippen LogP contribution in [-0.2, 0) is 4.79 Å². The molecular weight excluding hydrogens is 412 g/mol. The van der Waals surface area contributed by atoms with Crippen LogP contribution in [0, 0.1) is 27.7 Å². The van der Waals surface area contributed by atoms with Gasteiger partial charge >= 0.3 is 0 Å². The Kier molecular flexibility index (Phi) is 5.70. The van der Waals surface area contributed by atoms with Crippen molar-refractivity contribution in [2.24, 2.45) is 0 Å². The van der Waals surface area contributed by atoms with E-state index in [9.17, 15) is 4.79 Å². The van der Waals surface area contributed by atoms with Gasteiger partial charge in [0.2, 0.25) is 5.89 Å². The van der Waals surface area contributed by atoms with E-state index in [1.807, 2.05) is 58.0 Å². The summed E-state index contributed by atoms with van der Waals surface area (Å²) >= 11 is 6.31. The van der Waals surface area contributed by atoms with E-state index < -0.39 is 0 Å².